The minimum atomic E-state index is -0.355. The van der Waals surface area contributed by atoms with Crippen molar-refractivity contribution in [2.75, 3.05) is 18.4 Å². The molecule has 1 aromatic rings. The van der Waals surface area contributed by atoms with Crippen molar-refractivity contribution in [3.8, 4) is 0 Å². The van der Waals surface area contributed by atoms with Crippen LogP contribution in [0.15, 0.2) is 22.7 Å². The SMILES string of the molecule is CC(Nc1cc(F)ccc1Br)C(=O)N1CCCCCC1. The molecule has 1 aliphatic rings. The first-order valence-electron chi connectivity index (χ1n) is 7.08. The molecule has 1 atom stereocenters. The summed E-state index contributed by atoms with van der Waals surface area (Å²) >= 11 is 3.36. The zero-order valence-electron chi connectivity index (χ0n) is 11.7. The zero-order chi connectivity index (χ0) is 14.5. The van der Waals surface area contributed by atoms with Gasteiger partial charge in [-0.1, -0.05) is 12.8 Å². The summed E-state index contributed by atoms with van der Waals surface area (Å²) < 4.78 is 14.0. The summed E-state index contributed by atoms with van der Waals surface area (Å²) in [7, 11) is 0. The van der Waals surface area contributed by atoms with Gasteiger partial charge in [0.25, 0.3) is 0 Å². The third-order valence-electron chi connectivity index (χ3n) is 3.59. The number of amides is 1. The van der Waals surface area contributed by atoms with Gasteiger partial charge in [0, 0.05) is 17.6 Å². The monoisotopic (exact) mass is 342 g/mol. The van der Waals surface area contributed by atoms with Crippen LogP contribution in [0.3, 0.4) is 0 Å². The quantitative estimate of drug-likeness (QED) is 0.906. The lowest BCUT2D eigenvalue weighted by Gasteiger charge is -2.25. The second-order valence-corrected chi connectivity index (χ2v) is 6.08. The number of likely N-dealkylation sites (tertiary alicyclic amines) is 1. The Morgan fingerprint density at radius 3 is 2.60 bits per heavy atom. The Morgan fingerprint density at radius 1 is 1.30 bits per heavy atom. The van der Waals surface area contributed by atoms with E-state index in [1.54, 1.807) is 6.07 Å². The highest BCUT2D eigenvalue weighted by atomic mass is 79.9. The summed E-state index contributed by atoms with van der Waals surface area (Å²) in [6, 6.07) is 4.07. The number of carbonyl (C=O) groups is 1. The van der Waals surface area contributed by atoms with Gasteiger partial charge in [0.05, 0.1) is 5.69 Å². The molecule has 1 saturated heterocycles. The van der Waals surface area contributed by atoms with Crippen LogP contribution in [0.4, 0.5) is 10.1 Å². The fraction of sp³-hybridized carbons (Fsp3) is 0.533. The molecule has 2 rings (SSSR count). The molecule has 20 heavy (non-hydrogen) atoms. The largest absolute Gasteiger partial charge is 0.373 e. The second kappa shape index (κ2) is 7.07. The molecular weight excluding hydrogens is 323 g/mol. The number of nitrogens with zero attached hydrogens (tertiary/aromatic N) is 1. The molecule has 0 aliphatic carbocycles. The first-order valence-corrected chi connectivity index (χ1v) is 7.87. The van der Waals surface area contributed by atoms with Gasteiger partial charge in [-0.15, -0.1) is 0 Å². The van der Waals surface area contributed by atoms with Crippen molar-refractivity contribution in [1.82, 2.24) is 4.90 Å². The highest BCUT2D eigenvalue weighted by Crippen LogP contribution is 2.24. The standard InChI is InChI=1S/C15H20BrFN2O/c1-11(15(20)19-8-4-2-3-5-9-19)18-14-10-12(17)6-7-13(14)16/h6-7,10-11,18H,2-5,8-9H2,1H3. The number of benzene rings is 1. The zero-order valence-corrected chi connectivity index (χ0v) is 13.2. The van der Waals surface area contributed by atoms with Crippen molar-refractivity contribution in [2.24, 2.45) is 0 Å². The van der Waals surface area contributed by atoms with E-state index in [4.69, 9.17) is 0 Å². The van der Waals surface area contributed by atoms with E-state index in [-0.39, 0.29) is 17.8 Å². The van der Waals surface area contributed by atoms with Crippen molar-refractivity contribution in [2.45, 2.75) is 38.6 Å². The van der Waals surface area contributed by atoms with Crippen molar-refractivity contribution in [1.29, 1.82) is 0 Å². The molecule has 0 spiro atoms. The van der Waals surface area contributed by atoms with Crippen LogP contribution in [0.25, 0.3) is 0 Å². The Bertz CT molecular complexity index is 473. The molecule has 1 amide bonds. The van der Waals surface area contributed by atoms with Gasteiger partial charge in [-0.2, -0.15) is 0 Å². The molecule has 0 radical (unpaired) electrons. The molecule has 3 nitrogen and oxygen atoms in total. The first-order chi connectivity index (χ1) is 9.58. The number of carbonyl (C=O) groups excluding carboxylic acids is 1. The van der Waals surface area contributed by atoms with Gasteiger partial charge in [-0.25, -0.2) is 4.39 Å². The van der Waals surface area contributed by atoms with E-state index < -0.39 is 0 Å². The highest BCUT2D eigenvalue weighted by Gasteiger charge is 2.21. The summed E-state index contributed by atoms with van der Waals surface area (Å²) in [5, 5.41) is 3.09. The van der Waals surface area contributed by atoms with Gasteiger partial charge in [-0.3, -0.25) is 4.79 Å². The lowest BCUT2D eigenvalue weighted by molar-refractivity contribution is -0.131. The molecular formula is C15H20BrFN2O. The Morgan fingerprint density at radius 2 is 1.95 bits per heavy atom. The number of anilines is 1. The lowest BCUT2D eigenvalue weighted by Crippen LogP contribution is -2.41. The number of hydrogen-bond acceptors (Lipinski definition) is 2. The van der Waals surface area contributed by atoms with Crippen LogP contribution in [-0.2, 0) is 4.79 Å². The summed E-state index contributed by atoms with van der Waals surface area (Å²) in [4.78, 5) is 14.3. The second-order valence-electron chi connectivity index (χ2n) is 5.23. The third-order valence-corrected chi connectivity index (χ3v) is 4.28. The molecule has 0 bridgehead atoms. The maximum atomic E-state index is 13.3. The molecule has 5 heteroatoms. The fourth-order valence-electron chi connectivity index (χ4n) is 2.47. The van der Waals surface area contributed by atoms with E-state index >= 15 is 0 Å². The fourth-order valence-corrected chi connectivity index (χ4v) is 2.83. The molecule has 1 N–H and O–H groups in total. The topological polar surface area (TPSA) is 32.3 Å². The molecule has 110 valence electrons. The molecule has 1 heterocycles. The summed E-state index contributed by atoms with van der Waals surface area (Å²) in [6.45, 7) is 3.48. The Hall–Kier alpha value is -1.10. The average Bonchev–Trinajstić information content (AvgIpc) is 2.71. The van der Waals surface area contributed by atoms with Crippen LogP contribution in [-0.4, -0.2) is 29.9 Å². The predicted molar refractivity (Wildman–Crippen MR) is 82.2 cm³/mol. The first kappa shape index (κ1) is 15.3. The summed E-state index contributed by atoms with van der Waals surface area (Å²) in [5.41, 5.74) is 0.612. The third kappa shape index (κ3) is 3.95. The Kier molecular flexibility index (Phi) is 5.40. The van der Waals surface area contributed by atoms with Crippen LogP contribution in [0.2, 0.25) is 0 Å². The van der Waals surface area contributed by atoms with E-state index in [2.05, 4.69) is 21.2 Å². The van der Waals surface area contributed by atoms with Crippen LogP contribution < -0.4 is 5.32 Å². The summed E-state index contributed by atoms with van der Waals surface area (Å²) in [5.74, 6) is -0.229. The van der Waals surface area contributed by atoms with Crippen molar-refractivity contribution < 1.29 is 9.18 Å². The molecule has 1 fully saturated rings. The van der Waals surface area contributed by atoms with E-state index in [1.807, 2.05) is 11.8 Å². The number of rotatable bonds is 3. The van der Waals surface area contributed by atoms with Crippen molar-refractivity contribution >= 4 is 27.5 Å². The van der Waals surface area contributed by atoms with Crippen molar-refractivity contribution in [3.63, 3.8) is 0 Å². The molecule has 0 aromatic heterocycles. The molecule has 1 unspecified atom stereocenters. The summed E-state index contributed by atoms with van der Waals surface area (Å²) in [6.07, 6.45) is 4.53. The maximum absolute atomic E-state index is 13.3. The van der Waals surface area contributed by atoms with Crippen LogP contribution >= 0.6 is 15.9 Å². The van der Waals surface area contributed by atoms with Gasteiger partial charge in [0.1, 0.15) is 11.9 Å². The van der Waals surface area contributed by atoms with Crippen LogP contribution in [0.5, 0.6) is 0 Å². The van der Waals surface area contributed by atoms with E-state index in [0.717, 1.165) is 30.4 Å². The number of halogens is 2. The lowest BCUT2D eigenvalue weighted by atomic mass is 10.2. The van der Waals surface area contributed by atoms with Gasteiger partial charge in [0.15, 0.2) is 0 Å². The van der Waals surface area contributed by atoms with Gasteiger partial charge < -0.3 is 10.2 Å². The van der Waals surface area contributed by atoms with E-state index in [1.165, 1.54) is 25.0 Å². The van der Waals surface area contributed by atoms with Crippen LogP contribution in [0, 0.1) is 5.82 Å². The normalized spacial score (nSPS) is 17.4. The predicted octanol–water partition coefficient (Wildman–Crippen LogP) is 3.79. The maximum Gasteiger partial charge on any atom is 0.244 e. The minimum Gasteiger partial charge on any atom is -0.373 e. The van der Waals surface area contributed by atoms with Gasteiger partial charge in [-0.05, 0) is 53.9 Å². The molecule has 1 aromatic carbocycles. The van der Waals surface area contributed by atoms with Crippen molar-refractivity contribution in [3.05, 3.63) is 28.5 Å². The van der Waals surface area contributed by atoms with Gasteiger partial charge in [0.2, 0.25) is 5.91 Å². The average molecular weight is 343 g/mol. The number of hydrogen-bond donors (Lipinski definition) is 1. The number of nitrogens with one attached hydrogen (secondary N) is 1. The Labute approximate surface area is 127 Å². The highest BCUT2D eigenvalue weighted by molar-refractivity contribution is 9.10. The smallest absolute Gasteiger partial charge is 0.244 e. The van der Waals surface area contributed by atoms with Crippen LogP contribution in [0.1, 0.15) is 32.6 Å². The Balaban J connectivity index is 2.01. The molecule has 0 saturated carbocycles. The molecule has 1 aliphatic heterocycles. The van der Waals surface area contributed by atoms with E-state index in [0.29, 0.717) is 5.69 Å². The van der Waals surface area contributed by atoms with E-state index in [9.17, 15) is 9.18 Å². The van der Waals surface area contributed by atoms with Gasteiger partial charge >= 0.3 is 0 Å². The minimum absolute atomic E-state index is 0.0862.